The van der Waals surface area contributed by atoms with Gasteiger partial charge < -0.3 is 15.0 Å². The van der Waals surface area contributed by atoms with E-state index in [-0.39, 0.29) is 6.17 Å². The molecule has 18 heavy (non-hydrogen) atoms. The van der Waals surface area contributed by atoms with Crippen LogP contribution < -0.4 is 9.80 Å². The molecular weight excluding hydrogens is 230 g/mol. The monoisotopic (exact) mass is 243 g/mol. The quantitative estimate of drug-likeness (QED) is 0.464. The fourth-order valence-electron chi connectivity index (χ4n) is 2.22. The second kappa shape index (κ2) is 3.83. The first-order valence-electron chi connectivity index (χ1n) is 5.62. The highest BCUT2D eigenvalue weighted by atomic mass is 16.4. The Labute approximate surface area is 104 Å². The summed E-state index contributed by atoms with van der Waals surface area (Å²) in [6.45, 7) is 0. The van der Waals surface area contributed by atoms with Crippen molar-refractivity contribution in [2.24, 2.45) is 5.16 Å². The van der Waals surface area contributed by atoms with Crippen LogP contribution in [0.15, 0.2) is 29.4 Å². The molecule has 1 N–H and O–H groups in total. The Morgan fingerprint density at radius 1 is 1.11 bits per heavy atom. The lowest BCUT2D eigenvalue weighted by Gasteiger charge is -2.21. The van der Waals surface area contributed by atoms with Crippen LogP contribution >= 0.6 is 0 Å². The molecule has 2 aromatic rings. The first kappa shape index (κ1) is 10.8. The molecule has 1 aromatic carbocycles. The molecule has 6 nitrogen and oxygen atoms in total. The number of hydrogen-bond acceptors (Lipinski definition) is 6. The van der Waals surface area contributed by atoms with E-state index in [9.17, 15) is 0 Å². The average Bonchev–Trinajstić information content (AvgIpc) is 2.62. The Bertz CT molecular complexity index is 578. The fraction of sp³-hybridized carbons (Fsp3) is 0.250. The number of aromatic nitrogens is 2. The van der Waals surface area contributed by atoms with Crippen LogP contribution in [0.3, 0.4) is 0 Å². The topological polar surface area (TPSA) is 64.9 Å². The molecule has 0 unspecified atom stereocenters. The van der Waals surface area contributed by atoms with Gasteiger partial charge in [-0.3, -0.25) is 0 Å². The average molecular weight is 243 g/mol. The zero-order valence-electron chi connectivity index (χ0n) is 10.1. The first-order chi connectivity index (χ1) is 8.72. The molecule has 92 valence electrons. The number of benzene rings is 1. The normalized spacial score (nSPS) is 15.9. The van der Waals surface area contributed by atoms with Gasteiger partial charge in [0.1, 0.15) is 6.17 Å². The Kier molecular flexibility index (Phi) is 2.29. The Morgan fingerprint density at radius 2 is 1.61 bits per heavy atom. The summed E-state index contributed by atoms with van der Waals surface area (Å²) in [5.74, 6) is 1.59. The SMILES string of the molecule is CN1c2nc3ccccc3nc2N(C)C1/C=N\O. The van der Waals surface area contributed by atoms with E-state index in [1.165, 1.54) is 6.21 Å². The van der Waals surface area contributed by atoms with Gasteiger partial charge >= 0.3 is 0 Å². The lowest BCUT2D eigenvalue weighted by molar-refractivity contribution is 0.319. The molecule has 1 aromatic heterocycles. The molecule has 0 fully saturated rings. The number of anilines is 2. The molecule has 0 radical (unpaired) electrons. The van der Waals surface area contributed by atoms with Crippen LogP contribution in [0, 0.1) is 0 Å². The maximum atomic E-state index is 8.71. The summed E-state index contributed by atoms with van der Waals surface area (Å²) in [7, 11) is 3.80. The molecule has 0 saturated heterocycles. The van der Waals surface area contributed by atoms with E-state index in [0.717, 1.165) is 22.7 Å². The number of nitrogens with zero attached hydrogens (tertiary/aromatic N) is 5. The largest absolute Gasteiger partial charge is 0.411 e. The summed E-state index contributed by atoms with van der Waals surface area (Å²) in [5.41, 5.74) is 1.72. The Hall–Kier alpha value is -2.37. The third-order valence-corrected chi connectivity index (χ3v) is 3.20. The molecule has 0 atom stereocenters. The van der Waals surface area contributed by atoms with Crippen molar-refractivity contribution in [3.63, 3.8) is 0 Å². The summed E-state index contributed by atoms with van der Waals surface area (Å²) >= 11 is 0. The highest BCUT2D eigenvalue weighted by Gasteiger charge is 2.33. The van der Waals surface area contributed by atoms with E-state index >= 15 is 0 Å². The van der Waals surface area contributed by atoms with Crippen LogP contribution in [0.4, 0.5) is 11.6 Å². The van der Waals surface area contributed by atoms with E-state index < -0.39 is 0 Å². The minimum Gasteiger partial charge on any atom is -0.411 e. The van der Waals surface area contributed by atoms with Crippen molar-refractivity contribution in [1.29, 1.82) is 0 Å². The predicted octanol–water partition coefficient (Wildman–Crippen LogP) is 1.30. The van der Waals surface area contributed by atoms with Crippen LogP contribution in [0.2, 0.25) is 0 Å². The first-order valence-corrected chi connectivity index (χ1v) is 5.62. The van der Waals surface area contributed by atoms with Crippen molar-refractivity contribution in [3.05, 3.63) is 24.3 Å². The number of hydrogen-bond donors (Lipinski definition) is 1. The lowest BCUT2D eigenvalue weighted by Crippen LogP contribution is -2.40. The van der Waals surface area contributed by atoms with Gasteiger partial charge in [0, 0.05) is 14.1 Å². The van der Waals surface area contributed by atoms with Gasteiger partial charge in [-0.25, -0.2) is 9.97 Å². The van der Waals surface area contributed by atoms with Gasteiger partial charge in [0.05, 0.1) is 17.2 Å². The highest BCUT2D eigenvalue weighted by Crippen LogP contribution is 2.34. The van der Waals surface area contributed by atoms with Crippen LogP contribution in [-0.2, 0) is 0 Å². The van der Waals surface area contributed by atoms with Gasteiger partial charge in [-0.05, 0) is 12.1 Å². The highest BCUT2D eigenvalue weighted by molar-refractivity contribution is 5.88. The fourth-order valence-corrected chi connectivity index (χ4v) is 2.22. The van der Waals surface area contributed by atoms with Crippen LogP contribution in [0.1, 0.15) is 0 Å². The van der Waals surface area contributed by atoms with Crippen LogP contribution in [0.5, 0.6) is 0 Å². The number of para-hydroxylation sites is 2. The Morgan fingerprint density at radius 3 is 2.06 bits per heavy atom. The summed E-state index contributed by atoms with van der Waals surface area (Å²) in [4.78, 5) is 13.0. The molecule has 0 aliphatic carbocycles. The molecule has 0 amide bonds. The number of oxime groups is 1. The smallest absolute Gasteiger partial charge is 0.174 e. The van der Waals surface area contributed by atoms with Crippen molar-refractivity contribution in [2.45, 2.75) is 6.17 Å². The minimum absolute atomic E-state index is 0.165. The summed E-state index contributed by atoms with van der Waals surface area (Å²) in [6, 6.07) is 7.75. The zero-order valence-corrected chi connectivity index (χ0v) is 10.1. The molecule has 0 saturated carbocycles. The molecule has 1 aliphatic heterocycles. The number of rotatable bonds is 1. The van der Waals surface area contributed by atoms with E-state index in [0.29, 0.717) is 0 Å². The maximum Gasteiger partial charge on any atom is 0.174 e. The van der Waals surface area contributed by atoms with Crippen LogP contribution in [0.25, 0.3) is 11.0 Å². The molecule has 0 spiro atoms. The summed E-state index contributed by atoms with van der Waals surface area (Å²) in [5, 5.41) is 11.8. The van der Waals surface area contributed by atoms with E-state index in [4.69, 9.17) is 5.21 Å². The van der Waals surface area contributed by atoms with Gasteiger partial charge in [-0.2, -0.15) is 0 Å². The Balaban J connectivity index is 2.19. The molecule has 2 heterocycles. The molecule has 3 rings (SSSR count). The third-order valence-electron chi connectivity index (χ3n) is 3.20. The minimum atomic E-state index is -0.165. The van der Waals surface area contributed by atoms with Crippen molar-refractivity contribution in [3.8, 4) is 0 Å². The van der Waals surface area contributed by atoms with Crippen molar-refractivity contribution < 1.29 is 5.21 Å². The number of fused-ring (bicyclic) bond motifs is 2. The predicted molar refractivity (Wildman–Crippen MR) is 70.4 cm³/mol. The lowest BCUT2D eigenvalue weighted by atomic mass is 10.3. The molecular formula is C12H13N5O. The van der Waals surface area contributed by atoms with Crippen molar-refractivity contribution in [1.82, 2.24) is 9.97 Å². The van der Waals surface area contributed by atoms with Gasteiger partial charge in [-0.1, -0.05) is 17.3 Å². The van der Waals surface area contributed by atoms with Gasteiger partial charge in [-0.15, -0.1) is 0 Å². The van der Waals surface area contributed by atoms with Gasteiger partial charge in [0.25, 0.3) is 0 Å². The summed E-state index contributed by atoms with van der Waals surface area (Å²) < 4.78 is 0. The molecule has 6 heteroatoms. The van der Waals surface area contributed by atoms with Crippen molar-refractivity contribution >= 4 is 28.9 Å². The van der Waals surface area contributed by atoms with Gasteiger partial charge in [0.2, 0.25) is 0 Å². The summed E-state index contributed by atoms with van der Waals surface area (Å²) in [6.07, 6.45) is 1.29. The van der Waals surface area contributed by atoms with E-state index in [2.05, 4.69) is 15.1 Å². The van der Waals surface area contributed by atoms with Gasteiger partial charge in [0.15, 0.2) is 11.6 Å². The third kappa shape index (κ3) is 1.38. The second-order valence-electron chi connectivity index (χ2n) is 4.26. The molecule has 0 bridgehead atoms. The standard InChI is InChI=1S/C12H13N5O/c1-16-10(7-13-18)17(2)12-11(16)14-8-5-3-4-6-9(8)15-12/h3-7,10,18H,1-2H3/b13-7-. The molecule has 1 aliphatic rings. The van der Waals surface area contributed by atoms with Crippen molar-refractivity contribution in [2.75, 3.05) is 23.9 Å². The maximum absolute atomic E-state index is 8.71. The zero-order chi connectivity index (χ0) is 12.7. The second-order valence-corrected chi connectivity index (χ2v) is 4.26. The van der Waals surface area contributed by atoms with E-state index in [1.807, 2.05) is 48.2 Å². The van der Waals surface area contributed by atoms with Crippen LogP contribution in [-0.4, -0.2) is 41.7 Å². The van der Waals surface area contributed by atoms with E-state index in [1.54, 1.807) is 0 Å².